The largest absolute Gasteiger partial charge is 0.461 e. The van der Waals surface area contributed by atoms with E-state index >= 15 is 0 Å². The van der Waals surface area contributed by atoms with Crippen LogP contribution in [0.3, 0.4) is 0 Å². The van der Waals surface area contributed by atoms with E-state index in [9.17, 15) is 4.79 Å². The lowest BCUT2D eigenvalue weighted by Gasteiger charge is -2.22. The van der Waals surface area contributed by atoms with Gasteiger partial charge in [-0.25, -0.2) is 0 Å². The Morgan fingerprint density at radius 3 is 3.08 bits per heavy atom. The van der Waals surface area contributed by atoms with Crippen molar-refractivity contribution in [3.8, 4) is 0 Å². The van der Waals surface area contributed by atoms with Gasteiger partial charge in [-0.05, 0) is 19.0 Å². The fourth-order valence-corrected chi connectivity index (χ4v) is 1.28. The highest BCUT2D eigenvalue weighted by Gasteiger charge is 2.08. The van der Waals surface area contributed by atoms with Crippen molar-refractivity contribution in [3.63, 3.8) is 0 Å². The van der Waals surface area contributed by atoms with Crippen molar-refractivity contribution in [1.82, 2.24) is 4.90 Å². The van der Waals surface area contributed by atoms with Crippen LogP contribution in [0, 0.1) is 0 Å². The molecule has 0 radical (unpaired) electrons. The van der Waals surface area contributed by atoms with E-state index in [2.05, 4.69) is 18.0 Å². The zero-order chi connectivity index (χ0) is 8.97. The van der Waals surface area contributed by atoms with Crippen LogP contribution in [0.1, 0.15) is 13.3 Å². The van der Waals surface area contributed by atoms with Gasteiger partial charge in [0.05, 0.1) is 0 Å². The number of ether oxygens (including phenoxy) is 1. The molecule has 0 aromatic carbocycles. The first-order valence-corrected chi connectivity index (χ1v) is 4.18. The van der Waals surface area contributed by atoms with Crippen LogP contribution in [0.2, 0.25) is 0 Å². The quantitative estimate of drug-likeness (QED) is 0.452. The average molecular weight is 169 g/mol. The molecule has 0 spiro atoms. The summed E-state index contributed by atoms with van der Waals surface area (Å²) in [6.07, 6.45) is 3.22. The van der Waals surface area contributed by atoms with Gasteiger partial charge in [0, 0.05) is 20.0 Å². The fraction of sp³-hybridized carbons (Fsp3) is 0.667. The molecule has 0 amide bonds. The minimum absolute atomic E-state index is 0.205. The van der Waals surface area contributed by atoms with Crippen LogP contribution in [0.5, 0.6) is 0 Å². The number of carbonyl (C=O) groups is 1. The predicted octanol–water partition coefficient (Wildman–Crippen LogP) is 0.811. The van der Waals surface area contributed by atoms with Gasteiger partial charge in [-0.3, -0.25) is 4.79 Å². The molecule has 1 heterocycles. The van der Waals surface area contributed by atoms with Gasteiger partial charge in [0.2, 0.25) is 0 Å². The van der Waals surface area contributed by atoms with Crippen molar-refractivity contribution in [2.24, 2.45) is 0 Å². The van der Waals surface area contributed by atoms with Gasteiger partial charge in [0.1, 0.15) is 6.61 Å². The first-order chi connectivity index (χ1) is 5.68. The topological polar surface area (TPSA) is 29.5 Å². The number of nitrogens with zero attached hydrogens (tertiary/aromatic N) is 1. The Bertz CT molecular complexity index is 199. The number of hydrogen-bond donors (Lipinski definition) is 0. The van der Waals surface area contributed by atoms with Crippen molar-refractivity contribution in [1.29, 1.82) is 0 Å². The lowest BCUT2D eigenvalue weighted by Crippen LogP contribution is -2.27. The van der Waals surface area contributed by atoms with E-state index in [0.717, 1.165) is 19.5 Å². The third kappa shape index (κ3) is 3.05. The van der Waals surface area contributed by atoms with Gasteiger partial charge < -0.3 is 9.64 Å². The van der Waals surface area contributed by atoms with Crippen LogP contribution in [0.15, 0.2) is 11.6 Å². The van der Waals surface area contributed by atoms with E-state index in [0.29, 0.717) is 6.61 Å². The summed E-state index contributed by atoms with van der Waals surface area (Å²) >= 11 is 0. The molecule has 0 atom stereocenters. The molecule has 0 bridgehead atoms. The van der Waals surface area contributed by atoms with Gasteiger partial charge in [-0.1, -0.05) is 6.08 Å². The number of hydrogen-bond acceptors (Lipinski definition) is 3. The van der Waals surface area contributed by atoms with Gasteiger partial charge in [-0.15, -0.1) is 0 Å². The standard InChI is InChI=1S/C9H15NO2/c1-8(11)12-7-9-4-3-5-10(2)6-9/h4H,3,5-7H2,1-2H3. The van der Waals surface area contributed by atoms with Gasteiger partial charge in [-0.2, -0.15) is 0 Å². The summed E-state index contributed by atoms with van der Waals surface area (Å²) in [7, 11) is 2.07. The highest BCUT2D eigenvalue weighted by atomic mass is 16.5. The molecule has 68 valence electrons. The van der Waals surface area contributed by atoms with Crippen LogP contribution in [0.25, 0.3) is 0 Å². The minimum Gasteiger partial charge on any atom is -0.461 e. The molecule has 0 aromatic heterocycles. The van der Waals surface area contributed by atoms with Gasteiger partial charge in [0.25, 0.3) is 0 Å². The molecule has 0 fully saturated rings. The Hall–Kier alpha value is -0.830. The zero-order valence-electron chi connectivity index (χ0n) is 7.67. The molecular formula is C9H15NO2. The van der Waals surface area contributed by atoms with Crippen LogP contribution >= 0.6 is 0 Å². The summed E-state index contributed by atoms with van der Waals surface area (Å²) in [6, 6.07) is 0. The van der Waals surface area contributed by atoms with Gasteiger partial charge in [0.15, 0.2) is 0 Å². The van der Waals surface area contributed by atoms with E-state index in [1.807, 2.05) is 0 Å². The predicted molar refractivity (Wildman–Crippen MR) is 46.8 cm³/mol. The van der Waals surface area contributed by atoms with Gasteiger partial charge >= 0.3 is 5.97 Å². The highest BCUT2D eigenvalue weighted by molar-refractivity contribution is 5.66. The Labute approximate surface area is 73.0 Å². The number of esters is 1. The molecule has 3 nitrogen and oxygen atoms in total. The second-order valence-electron chi connectivity index (χ2n) is 3.17. The molecule has 12 heavy (non-hydrogen) atoms. The van der Waals surface area contributed by atoms with E-state index in [1.54, 1.807) is 0 Å². The summed E-state index contributed by atoms with van der Waals surface area (Å²) in [6.45, 7) is 3.92. The molecular weight excluding hydrogens is 154 g/mol. The summed E-state index contributed by atoms with van der Waals surface area (Å²) in [5.41, 5.74) is 1.21. The third-order valence-electron chi connectivity index (χ3n) is 1.88. The Balaban J connectivity index is 2.31. The summed E-state index contributed by atoms with van der Waals surface area (Å²) < 4.78 is 4.90. The van der Waals surface area contributed by atoms with Crippen LogP contribution in [-0.4, -0.2) is 37.6 Å². The molecule has 3 heteroatoms. The molecule has 0 aromatic rings. The molecule has 1 aliphatic rings. The molecule has 0 N–H and O–H groups in total. The lowest BCUT2D eigenvalue weighted by molar-refractivity contribution is -0.140. The SMILES string of the molecule is CC(=O)OCC1=CCCN(C)C1. The monoisotopic (exact) mass is 169 g/mol. The van der Waals surface area contributed by atoms with E-state index in [1.165, 1.54) is 12.5 Å². The maximum absolute atomic E-state index is 10.5. The summed E-state index contributed by atoms with van der Waals surface area (Å²) in [4.78, 5) is 12.7. The molecule has 0 unspecified atom stereocenters. The van der Waals surface area contributed by atoms with E-state index in [4.69, 9.17) is 4.74 Å². The Kier molecular flexibility index (Phi) is 3.29. The average Bonchev–Trinajstić information content (AvgIpc) is 2.01. The lowest BCUT2D eigenvalue weighted by atomic mass is 10.1. The van der Waals surface area contributed by atoms with E-state index in [-0.39, 0.29) is 5.97 Å². The number of likely N-dealkylation sites (N-methyl/N-ethyl adjacent to an activating group) is 1. The first kappa shape index (κ1) is 9.26. The fourth-order valence-electron chi connectivity index (χ4n) is 1.28. The molecule has 0 saturated heterocycles. The van der Waals surface area contributed by atoms with Crippen molar-refractivity contribution in [2.75, 3.05) is 26.7 Å². The molecule has 0 aliphatic carbocycles. The van der Waals surface area contributed by atoms with Crippen molar-refractivity contribution >= 4 is 5.97 Å². The van der Waals surface area contributed by atoms with Crippen LogP contribution in [0.4, 0.5) is 0 Å². The second kappa shape index (κ2) is 4.26. The molecule has 1 rings (SSSR count). The van der Waals surface area contributed by atoms with Crippen LogP contribution < -0.4 is 0 Å². The highest BCUT2D eigenvalue weighted by Crippen LogP contribution is 2.07. The van der Waals surface area contributed by atoms with Crippen molar-refractivity contribution < 1.29 is 9.53 Å². The number of carbonyl (C=O) groups excluding carboxylic acids is 1. The smallest absolute Gasteiger partial charge is 0.302 e. The first-order valence-electron chi connectivity index (χ1n) is 4.18. The third-order valence-corrected chi connectivity index (χ3v) is 1.88. The van der Waals surface area contributed by atoms with Crippen molar-refractivity contribution in [2.45, 2.75) is 13.3 Å². The maximum atomic E-state index is 10.5. The minimum atomic E-state index is -0.205. The van der Waals surface area contributed by atoms with E-state index < -0.39 is 0 Å². The van der Waals surface area contributed by atoms with Crippen LogP contribution in [-0.2, 0) is 9.53 Å². The Morgan fingerprint density at radius 1 is 1.75 bits per heavy atom. The Morgan fingerprint density at radius 2 is 2.50 bits per heavy atom. The summed E-state index contributed by atoms with van der Waals surface area (Å²) in [5.74, 6) is -0.205. The zero-order valence-corrected chi connectivity index (χ0v) is 7.67. The summed E-state index contributed by atoms with van der Waals surface area (Å²) in [5, 5.41) is 0. The normalized spacial score (nSPS) is 18.7. The second-order valence-corrected chi connectivity index (χ2v) is 3.17. The number of rotatable bonds is 2. The van der Waals surface area contributed by atoms with Crippen molar-refractivity contribution in [3.05, 3.63) is 11.6 Å². The molecule has 1 aliphatic heterocycles. The maximum Gasteiger partial charge on any atom is 0.302 e. The molecule has 0 saturated carbocycles.